The molecule has 29 heavy (non-hydrogen) atoms. The molecular weight excluding hydrogens is 446 g/mol. The van der Waals surface area contributed by atoms with Gasteiger partial charge in [0.1, 0.15) is 17.5 Å². The Morgan fingerprint density at radius 3 is 2.72 bits per heavy atom. The zero-order valence-corrected chi connectivity index (χ0v) is 17.5. The van der Waals surface area contributed by atoms with Gasteiger partial charge >= 0.3 is 5.97 Å². The van der Waals surface area contributed by atoms with Crippen molar-refractivity contribution in [3.63, 3.8) is 0 Å². The van der Waals surface area contributed by atoms with Crippen LogP contribution in [0.15, 0.2) is 34.8 Å². The number of ether oxygens (including phenoxy) is 1. The van der Waals surface area contributed by atoms with E-state index in [0.717, 1.165) is 12.1 Å². The van der Waals surface area contributed by atoms with Crippen LogP contribution in [-0.2, 0) is 11.2 Å². The summed E-state index contributed by atoms with van der Waals surface area (Å²) in [4.78, 5) is 16.1. The number of fused-ring (bicyclic) bond motifs is 1. The van der Waals surface area contributed by atoms with E-state index in [0.29, 0.717) is 30.1 Å². The molecule has 1 saturated heterocycles. The SMILES string of the molecule is CC1(C)COC[C@H]1n1c(Cc2cc(F)c(Br)cc2F)nc2ccc(C(=O)O)cc21. The third-order valence-electron chi connectivity index (χ3n) is 5.41. The van der Waals surface area contributed by atoms with Crippen LogP contribution >= 0.6 is 15.9 Å². The normalized spacial score (nSPS) is 18.4. The van der Waals surface area contributed by atoms with Crippen LogP contribution in [0.25, 0.3) is 11.0 Å². The highest BCUT2D eigenvalue weighted by atomic mass is 79.9. The molecule has 152 valence electrons. The molecule has 0 aliphatic carbocycles. The van der Waals surface area contributed by atoms with E-state index in [1.807, 2.05) is 4.57 Å². The van der Waals surface area contributed by atoms with E-state index in [2.05, 4.69) is 34.8 Å². The largest absolute Gasteiger partial charge is 0.478 e. The monoisotopic (exact) mass is 464 g/mol. The average molecular weight is 465 g/mol. The van der Waals surface area contributed by atoms with E-state index >= 15 is 0 Å². The van der Waals surface area contributed by atoms with Gasteiger partial charge in [-0.1, -0.05) is 13.8 Å². The molecule has 1 N–H and O–H groups in total. The quantitative estimate of drug-likeness (QED) is 0.554. The summed E-state index contributed by atoms with van der Waals surface area (Å²) in [6.07, 6.45) is 0.0691. The molecule has 1 aliphatic rings. The molecule has 0 amide bonds. The molecule has 2 aromatic carbocycles. The number of halogens is 3. The summed E-state index contributed by atoms with van der Waals surface area (Å²) in [5.74, 6) is -1.59. The van der Waals surface area contributed by atoms with Crippen molar-refractivity contribution >= 4 is 32.9 Å². The number of aromatic carboxylic acids is 1. The minimum atomic E-state index is -1.04. The average Bonchev–Trinajstić information content (AvgIpc) is 3.17. The van der Waals surface area contributed by atoms with Gasteiger partial charge in [0.25, 0.3) is 0 Å². The maximum absolute atomic E-state index is 14.5. The Labute approximate surface area is 174 Å². The second-order valence-corrected chi connectivity index (χ2v) is 8.82. The van der Waals surface area contributed by atoms with Gasteiger partial charge in [-0.2, -0.15) is 0 Å². The lowest BCUT2D eigenvalue weighted by Gasteiger charge is -2.28. The van der Waals surface area contributed by atoms with Crippen LogP contribution < -0.4 is 0 Å². The number of nitrogens with zero attached hydrogens (tertiary/aromatic N) is 2. The number of carbonyl (C=O) groups is 1. The second kappa shape index (κ2) is 7.18. The van der Waals surface area contributed by atoms with Gasteiger partial charge in [-0.3, -0.25) is 0 Å². The first-order valence-corrected chi connectivity index (χ1v) is 9.92. The Kier molecular flexibility index (Phi) is 4.94. The van der Waals surface area contributed by atoms with E-state index in [1.165, 1.54) is 6.07 Å². The lowest BCUT2D eigenvalue weighted by atomic mass is 9.87. The van der Waals surface area contributed by atoms with Crippen LogP contribution in [0.3, 0.4) is 0 Å². The van der Waals surface area contributed by atoms with Crippen molar-refractivity contribution in [2.24, 2.45) is 5.41 Å². The molecule has 5 nitrogen and oxygen atoms in total. The van der Waals surface area contributed by atoms with E-state index in [-0.39, 0.29) is 33.5 Å². The van der Waals surface area contributed by atoms with Crippen LogP contribution in [0.2, 0.25) is 0 Å². The molecule has 0 unspecified atom stereocenters. The van der Waals surface area contributed by atoms with Gasteiger partial charge in [0.2, 0.25) is 0 Å². The highest BCUT2D eigenvalue weighted by Crippen LogP contribution is 2.40. The number of benzene rings is 2. The fourth-order valence-electron chi connectivity index (χ4n) is 3.80. The number of imidazole rings is 1. The number of carboxylic acids is 1. The smallest absolute Gasteiger partial charge is 0.335 e. The van der Waals surface area contributed by atoms with Gasteiger partial charge in [0, 0.05) is 11.8 Å². The molecular formula is C21H19BrF2N2O3. The first-order chi connectivity index (χ1) is 13.7. The van der Waals surface area contributed by atoms with Crippen molar-refractivity contribution in [3.8, 4) is 0 Å². The fourth-order valence-corrected chi connectivity index (χ4v) is 4.11. The van der Waals surface area contributed by atoms with Gasteiger partial charge in [-0.25, -0.2) is 18.6 Å². The van der Waals surface area contributed by atoms with Crippen LogP contribution in [0.1, 0.15) is 41.6 Å². The number of carboxylic acid groups (broad SMARTS) is 1. The summed E-state index contributed by atoms with van der Waals surface area (Å²) in [6, 6.07) is 6.84. The third-order valence-corrected chi connectivity index (χ3v) is 6.02. The molecule has 1 aromatic heterocycles. The lowest BCUT2D eigenvalue weighted by Crippen LogP contribution is -2.27. The summed E-state index contributed by atoms with van der Waals surface area (Å²) in [7, 11) is 0. The third kappa shape index (κ3) is 3.55. The summed E-state index contributed by atoms with van der Waals surface area (Å²) in [5.41, 5.74) is 1.33. The minimum Gasteiger partial charge on any atom is -0.478 e. The van der Waals surface area contributed by atoms with E-state index < -0.39 is 17.6 Å². The van der Waals surface area contributed by atoms with Crippen molar-refractivity contribution in [1.82, 2.24) is 9.55 Å². The summed E-state index contributed by atoms with van der Waals surface area (Å²) in [5, 5.41) is 9.39. The van der Waals surface area contributed by atoms with Gasteiger partial charge in [0.15, 0.2) is 0 Å². The Morgan fingerprint density at radius 1 is 1.31 bits per heavy atom. The Hall–Kier alpha value is -2.32. The summed E-state index contributed by atoms with van der Waals surface area (Å²) >= 11 is 2.99. The molecule has 1 fully saturated rings. The van der Waals surface area contributed by atoms with Gasteiger partial charge in [-0.05, 0) is 51.8 Å². The molecule has 1 atom stereocenters. The van der Waals surface area contributed by atoms with Crippen LogP contribution in [0, 0.1) is 17.0 Å². The second-order valence-electron chi connectivity index (χ2n) is 7.96. The van der Waals surface area contributed by atoms with Crippen molar-refractivity contribution < 1.29 is 23.4 Å². The van der Waals surface area contributed by atoms with Crippen molar-refractivity contribution in [2.45, 2.75) is 26.3 Å². The maximum Gasteiger partial charge on any atom is 0.335 e. The van der Waals surface area contributed by atoms with E-state index in [4.69, 9.17) is 4.74 Å². The zero-order valence-electron chi connectivity index (χ0n) is 15.9. The number of aromatic nitrogens is 2. The lowest BCUT2D eigenvalue weighted by molar-refractivity contribution is 0.0697. The van der Waals surface area contributed by atoms with Crippen molar-refractivity contribution in [3.05, 3.63) is 63.4 Å². The predicted molar refractivity (Wildman–Crippen MR) is 107 cm³/mol. The molecule has 3 aromatic rings. The van der Waals surface area contributed by atoms with Gasteiger partial charge in [-0.15, -0.1) is 0 Å². The summed E-state index contributed by atoms with van der Waals surface area (Å²) < 4.78 is 36.1. The molecule has 2 heterocycles. The Bertz CT molecular complexity index is 1130. The minimum absolute atomic E-state index is 0.0590. The maximum atomic E-state index is 14.5. The Balaban J connectivity index is 1.90. The topological polar surface area (TPSA) is 64.4 Å². The molecule has 0 spiro atoms. The number of hydrogen-bond donors (Lipinski definition) is 1. The molecule has 8 heteroatoms. The van der Waals surface area contributed by atoms with Crippen molar-refractivity contribution in [1.29, 1.82) is 0 Å². The molecule has 0 radical (unpaired) electrons. The van der Waals surface area contributed by atoms with E-state index in [9.17, 15) is 18.7 Å². The first kappa shape index (κ1) is 20.0. The molecule has 0 saturated carbocycles. The highest BCUT2D eigenvalue weighted by molar-refractivity contribution is 9.10. The van der Waals surface area contributed by atoms with Gasteiger partial charge in [0.05, 0.1) is 40.3 Å². The Morgan fingerprint density at radius 2 is 2.07 bits per heavy atom. The zero-order chi connectivity index (χ0) is 20.9. The standard InChI is InChI=1S/C21H19BrF2N2O3/c1-21(2)10-29-9-18(21)26-17-6-11(20(27)28)3-4-16(17)25-19(26)7-12-5-15(24)13(22)8-14(12)23/h3-6,8,18H,7,9-10H2,1-2H3,(H,27,28)/t18-/m1/s1. The summed E-state index contributed by atoms with van der Waals surface area (Å²) in [6.45, 7) is 5.08. The van der Waals surface area contributed by atoms with Gasteiger partial charge < -0.3 is 14.4 Å². The van der Waals surface area contributed by atoms with Crippen LogP contribution in [0.4, 0.5) is 8.78 Å². The number of hydrogen-bond acceptors (Lipinski definition) is 3. The van der Waals surface area contributed by atoms with Crippen LogP contribution in [-0.4, -0.2) is 33.8 Å². The van der Waals surface area contributed by atoms with Crippen LogP contribution in [0.5, 0.6) is 0 Å². The number of rotatable bonds is 4. The highest BCUT2D eigenvalue weighted by Gasteiger charge is 2.39. The fraction of sp³-hybridized carbons (Fsp3) is 0.333. The molecule has 1 aliphatic heterocycles. The first-order valence-electron chi connectivity index (χ1n) is 9.12. The van der Waals surface area contributed by atoms with E-state index in [1.54, 1.807) is 12.1 Å². The molecule has 4 rings (SSSR count). The molecule has 0 bridgehead atoms. The predicted octanol–water partition coefficient (Wildman–Crippen LogP) is 4.96. The van der Waals surface area contributed by atoms with Crippen molar-refractivity contribution in [2.75, 3.05) is 13.2 Å².